The van der Waals surface area contributed by atoms with Crippen LogP contribution in [0.4, 0.5) is 0 Å². The van der Waals surface area contributed by atoms with Gasteiger partial charge in [0.2, 0.25) is 0 Å². The van der Waals surface area contributed by atoms with E-state index in [2.05, 4.69) is 133 Å². The van der Waals surface area contributed by atoms with Crippen LogP contribution in [-0.4, -0.2) is 22.4 Å². The first-order valence-electron chi connectivity index (χ1n) is 17.6. The van der Waals surface area contributed by atoms with Crippen molar-refractivity contribution in [2.45, 2.75) is 90.3 Å². The normalized spacial score (nSPS) is 26.9. The molecule has 5 atom stereocenters. The fourth-order valence-corrected chi connectivity index (χ4v) is 10.0. The Morgan fingerprint density at radius 3 is 2.28 bits per heavy atom. The molecule has 4 heterocycles. The van der Waals surface area contributed by atoms with E-state index in [4.69, 9.17) is 4.74 Å². The van der Waals surface area contributed by atoms with Gasteiger partial charge in [-0.05, 0) is 80.5 Å². The van der Waals surface area contributed by atoms with Crippen LogP contribution in [0.3, 0.4) is 0 Å². The number of hydrogen-bond acceptors (Lipinski definition) is 2. The van der Waals surface area contributed by atoms with Crippen molar-refractivity contribution < 1.29 is 9.53 Å². The van der Waals surface area contributed by atoms with Crippen LogP contribution in [0.5, 0.6) is 0 Å². The number of hydrogen-bond donors (Lipinski definition) is 0. The predicted octanol–water partition coefficient (Wildman–Crippen LogP) is 9.85. The second kappa shape index (κ2) is 8.55. The fourth-order valence-electron chi connectivity index (χ4n) is 10.0. The minimum absolute atomic E-state index is 0.0122. The molecule has 3 aliphatic carbocycles. The fraction of sp³-hybridized carbons (Fsp3) is 0.386. The lowest BCUT2D eigenvalue weighted by Crippen LogP contribution is -2.40. The van der Waals surface area contributed by atoms with Crippen LogP contribution in [0.15, 0.2) is 72.3 Å². The van der Waals surface area contributed by atoms with Gasteiger partial charge in [-0.15, -0.1) is 0 Å². The highest BCUT2D eigenvalue weighted by Gasteiger charge is 2.56. The lowest BCUT2D eigenvalue weighted by Gasteiger charge is -2.34. The van der Waals surface area contributed by atoms with E-state index < -0.39 is 0 Å². The third-order valence-electron chi connectivity index (χ3n) is 12.6. The van der Waals surface area contributed by atoms with Crippen LogP contribution in [-0.2, 0) is 32.2 Å². The van der Waals surface area contributed by atoms with Crippen molar-refractivity contribution >= 4 is 39.1 Å². The van der Waals surface area contributed by atoms with Crippen LogP contribution < -0.4 is 0 Å². The van der Waals surface area contributed by atoms with Gasteiger partial charge in [-0.3, -0.25) is 4.79 Å². The molecule has 5 aliphatic rings. The second-order valence-corrected chi connectivity index (χ2v) is 17.6. The minimum atomic E-state index is -0.368. The van der Waals surface area contributed by atoms with E-state index in [0.717, 1.165) is 12.0 Å². The smallest absolute Gasteiger partial charge is 0.188 e. The Morgan fingerprint density at radius 2 is 1.53 bits per heavy atom. The third-order valence-corrected chi connectivity index (χ3v) is 12.6. The average molecular weight is 618 g/mol. The molecule has 2 aliphatic heterocycles. The maximum absolute atomic E-state index is 14.2. The van der Waals surface area contributed by atoms with Gasteiger partial charge in [0.1, 0.15) is 6.10 Å². The number of rotatable bonds is 0. The van der Waals surface area contributed by atoms with Gasteiger partial charge in [-0.25, -0.2) is 0 Å². The van der Waals surface area contributed by atoms with E-state index in [9.17, 15) is 4.79 Å². The molecule has 2 fully saturated rings. The molecule has 0 saturated carbocycles. The standard InChI is InChI=1S/C44H43NO2/c1-42(2,3)22-13-14-32-30(17-22)36-33(44(32,7)8)15-16-34-37(36)31-19-23(43(4,5)6)18-27-26-20-29-28(21-35(26)45(34)38(27)31)39(46)41-25-12-10-9-11-24(25)40(29)47-41/h9-19,21,24-25,29,40-41H,20H2,1-8H3. The highest BCUT2D eigenvalue weighted by Crippen LogP contribution is 2.56. The Hall–Kier alpha value is -3.95. The van der Waals surface area contributed by atoms with E-state index in [1.54, 1.807) is 0 Å². The molecule has 3 nitrogen and oxygen atoms in total. The Kier molecular flexibility index (Phi) is 5.11. The van der Waals surface area contributed by atoms with Crippen LogP contribution in [0, 0.1) is 17.8 Å². The summed E-state index contributed by atoms with van der Waals surface area (Å²) in [6.07, 6.45) is 11.5. The maximum Gasteiger partial charge on any atom is 0.188 e. The number of fused-ring (bicyclic) bond motifs is 17. The van der Waals surface area contributed by atoms with Gasteiger partial charge in [0.25, 0.3) is 0 Å². The largest absolute Gasteiger partial charge is 0.365 e. The Morgan fingerprint density at radius 1 is 0.830 bits per heavy atom. The summed E-state index contributed by atoms with van der Waals surface area (Å²) in [5, 5.41) is 4.03. The number of carbonyl (C=O) groups excluding carboxylic acids is 1. The number of aromatic nitrogens is 1. The number of allylic oxidation sites excluding steroid dienone is 2. The van der Waals surface area contributed by atoms with Gasteiger partial charge in [0.15, 0.2) is 5.78 Å². The Labute approximate surface area is 277 Å². The summed E-state index contributed by atoms with van der Waals surface area (Å²) >= 11 is 0. The Bertz CT molecular complexity index is 2340. The number of Topliss-reactive ketones (excluding diaryl/α,β-unsaturated/α-hetero) is 1. The summed E-state index contributed by atoms with van der Waals surface area (Å²) < 4.78 is 9.08. The summed E-state index contributed by atoms with van der Waals surface area (Å²) in [4.78, 5) is 14.2. The highest BCUT2D eigenvalue weighted by atomic mass is 16.5. The SMILES string of the molecule is CC(C)(C)c1ccc2c(c1)-c1c(ccc3c1c1cc(C(C)(C)C)cc4c5c(n3c41)C=C1C(=O)C3OC(C1C5)C1C=CC=CC31)C2(C)C. The molecule has 2 aromatic heterocycles. The van der Waals surface area contributed by atoms with E-state index >= 15 is 0 Å². The molecule has 2 bridgehead atoms. The molecule has 2 saturated heterocycles. The monoisotopic (exact) mass is 617 g/mol. The average Bonchev–Trinajstić information content (AvgIpc) is 3.72. The number of carbonyl (C=O) groups is 1. The first-order chi connectivity index (χ1) is 22.2. The quantitative estimate of drug-likeness (QED) is 0.173. The number of ketones is 1. The lowest BCUT2D eigenvalue weighted by molar-refractivity contribution is -0.133. The molecule has 10 rings (SSSR count). The topological polar surface area (TPSA) is 30.7 Å². The summed E-state index contributed by atoms with van der Waals surface area (Å²) in [5.74, 6) is 0.677. The van der Waals surface area contributed by atoms with Gasteiger partial charge in [0.05, 0.1) is 22.8 Å². The maximum atomic E-state index is 14.2. The van der Waals surface area contributed by atoms with Crippen molar-refractivity contribution in [1.82, 2.24) is 4.40 Å². The molecule has 3 heteroatoms. The number of benzene rings is 3. The molecule has 0 spiro atoms. The van der Waals surface area contributed by atoms with Crippen LogP contribution in [0.2, 0.25) is 0 Å². The summed E-state index contributed by atoms with van der Waals surface area (Å²) in [5.41, 5.74) is 14.4. The first kappa shape index (κ1) is 28.1. The molecule has 236 valence electrons. The first-order valence-corrected chi connectivity index (χ1v) is 17.6. The number of ether oxygens (including phenoxy) is 1. The van der Waals surface area contributed by atoms with Crippen molar-refractivity contribution in [3.8, 4) is 11.1 Å². The summed E-state index contributed by atoms with van der Waals surface area (Å²) in [6, 6.07) is 16.9. The van der Waals surface area contributed by atoms with Crippen LogP contribution in [0.1, 0.15) is 88.9 Å². The van der Waals surface area contributed by atoms with Crippen molar-refractivity contribution in [3.05, 3.63) is 106 Å². The molecular formula is C44H43NO2. The van der Waals surface area contributed by atoms with Gasteiger partial charge in [-0.2, -0.15) is 0 Å². The summed E-state index contributed by atoms with van der Waals surface area (Å²) in [6.45, 7) is 18.7. The van der Waals surface area contributed by atoms with Crippen molar-refractivity contribution in [3.63, 3.8) is 0 Å². The molecule has 0 amide bonds. The van der Waals surface area contributed by atoms with Crippen LogP contribution >= 0.6 is 0 Å². The van der Waals surface area contributed by atoms with Crippen molar-refractivity contribution in [1.29, 1.82) is 0 Å². The second-order valence-electron chi connectivity index (χ2n) is 17.6. The Balaban J connectivity index is 1.30. The van der Waals surface area contributed by atoms with Gasteiger partial charge >= 0.3 is 0 Å². The number of nitrogens with zero attached hydrogens (tertiary/aromatic N) is 1. The zero-order valence-electron chi connectivity index (χ0n) is 28.8. The van der Waals surface area contributed by atoms with Crippen molar-refractivity contribution in [2.24, 2.45) is 17.8 Å². The summed E-state index contributed by atoms with van der Waals surface area (Å²) in [7, 11) is 0. The van der Waals surface area contributed by atoms with E-state index in [1.807, 2.05) is 0 Å². The van der Waals surface area contributed by atoms with Crippen LogP contribution in [0.25, 0.3) is 44.4 Å². The predicted molar refractivity (Wildman–Crippen MR) is 193 cm³/mol. The molecule has 5 aromatic rings. The van der Waals surface area contributed by atoms with Gasteiger partial charge < -0.3 is 9.14 Å². The van der Waals surface area contributed by atoms with Crippen molar-refractivity contribution in [2.75, 3.05) is 0 Å². The minimum Gasteiger partial charge on any atom is -0.365 e. The molecule has 47 heavy (non-hydrogen) atoms. The molecule has 5 unspecified atom stereocenters. The van der Waals surface area contributed by atoms with Gasteiger partial charge in [-0.1, -0.05) is 104 Å². The van der Waals surface area contributed by atoms with E-state index in [-0.39, 0.29) is 52.0 Å². The highest BCUT2D eigenvalue weighted by molar-refractivity contribution is 6.23. The third kappa shape index (κ3) is 3.39. The zero-order valence-corrected chi connectivity index (χ0v) is 28.8. The molecule has 0 N–H and O–H groups in total. The molecule has 0 radical (unpaired) electrons. The molecule has 3 aromatic carbocycles. The van der Waals surface area contributed by atoms with E-state index in [1.165, 1.54) is 71.8 Å². The van der Waals surface area contributed by atoms with Gasteiger partial charge in [0, 0.05) is 44.9 Å². The molecular weight excluding hydrogens is 574 g/mol. The zero-order chi connectivity index (χ0) is 32.5. The lowest BCUT2D eigenvalue weighted by atomic mass is 9.76. The van der Waals surface area contributed by atoms with E-state index in [0.29, 0.717) is 0 Å².